The Balaban J connectivity index is 0.00000316. The zero-order valence-electron chi connectivity index (χ0n) is 27.4. The summed E-state index contributed by atoms with van der Waals surface area (Å²) in [5.74, 6) is 2.79. The van der Waals surface area contributed by atoms with Crippen LogP contribution < -0.4 is 17.0 Å². The molecule has 234 valence electrons. The largest absolute Gasteiger partial charge is 1.00 e. The lowest BCUT2D eigenvalue weighted by atomic mass is 9.31. The van der Waals surface area contributed by atoms with Crippen LogP contribution in [0.5, 0.6) is 0 Å². The molecule has 4 nitrogen and oxygen atoms in total. The van der Waals surface area contributed by atoms with Gasteiger partial charge in [-0.05, 0) is 115 Å². The Morgan fingerprint density at radius 1 is 0.810 bits per heavy atom. The van der Waals surface area contributed by atoms with Crippen molar-refractivity contribution in [3.63, 3.8) is 0 Å². The number of esters is 1. The van der Waals surface area contributed by atoms with Crippen molar-refractivity contribution in [2.24, 2.45) is 56.2 Å². The standard InChI is InChI=1S/C37H56NO3.ClH/c1-32(2)17-19-37-20-18-35(6)25(30(37)31(32)40-24-37)11-12-27-34(5)15-14-28(33(3,4)26(34)13-16-36(27,35)7)41-29(39)23-38-21-9-8-10-22-38;/h8-10,21-22,25-28,30-31H,11-20,23-24H2,1-7H3;1H/q+1;/p-1/t25-,26+,27-,28+,30+,31-,34+,35-,36-,37-;/m1./s1. The van der Waals surface area contributed by atoms with Gasteiger partial charge in [0.05, 0.1) is 12.7 Å². The minimum atomic E-state index is -0.0973. The molecule has 7 rings (SSSR count). The normalized spacial score (nSPS) is 48.0. The molecule has 0 amide bonds. The lowest BCUT2D eigenvalue weighted by molar-refractivity contribution is -0.686. The van der Waals surface area contributed by atoms with E-state index in [1.165, 1.54) is 57.8 Å². The monoisotopic (exact) mass is 597 g/mol. The second-order valence-corrected chi connectivity index (χ2v) is 17.7. The van der Waals surface area contributed by atoms with Gasteiger partial charge in [-0.2, -0.15) is 4.57 Å². The van der Waals surface area contributed by atoms with E-state index in [2.05, 4.69) is 48.5 Å². The molecule has 1 aromatic heterocycles. The molecule has 0 radical (unpaired) electrons. The van der Waals surface area contributed by atoms with Gasteiger partial charge >= 0.3 is 5.97 Å². The number of fused-ring (bicyclic) bond motifs is 5. The molecule has 6 fully saturated rings. The van der Waals surface area contributed by atoms with E-state index >= 15 is 0 Å². The molecule has 0 unspecified atom stereocenters. The van der Waals surface area contributed by atoms with E-state index in [-0.39, 0.29) is 29.9 Å². The fourth-order valence-electron chi connectivity index (χ4n) is 13.0. The van der Waals surface area contributed by atoms with Crippen molar-refractivity contribution < 1.29 is 31.2 Å². The van der Waals surface area contributed by atoms with Gasteiger partial charge in [-0.3, -0.25) is 0 Å². The number of aromatic nitrogens is 1. The van der Waals surface area contributed by atoms with E-state index in [0.717, 1.165) is 30.8 Å². The van der Waals surface area contributed by atoms with Gasteiger partial charge in [0, 0.05) is 17.5 Å². The van der Waals surface area contributed by atoms with Crippen molar-refractivity contribution in [3.8, 4) is 0 Å². The molecule has 0 aromatic carbocycles. The third-order valence-corrected chi connectivity index (χ3v) is 15.4. The lowest BCUT2D eigenvalue weighted by Crippen LogP contribution is -3.00. The maximum atomic E-state index is 13.1. The Morgan fingerprint density at radius 2 is 1.52 bits per heavy atom. The highest BCUT2D eigenvalue weighted by atomic mass is 35.5. The highest BCUT2D eigenvalue weighted by Crippen LogP contribution is 2.78. The van der Waals surface area contributed by atoms with Gasteiger partial charge in [0.1, 0.15) is 6.10 Å². The molecule has 2 bridgehead atoms. The smallest absolute Gasteiger partial charge is 0.372 e. The Morgan fingerprint density at radius 3 is 2.26 bits per heavy atom. The Hall–Kier alpha value is -1.13. The van der Waals surface area contributed by atoms with Crippen molar-refractivity contribution in [2.75, 3.05) is 6.61 Å². The molecule has 1 aliphatic heterocycles. The van der Waals surface area contributed by atoms with Crippen LogP contribution in [0.2, 0.25) is 0 Å². The predicted molar refractivity (Wildman–Crippen MR) is 161 cm³/mol. The molecule has 10 atom stereocenters. The van der Waals surface area contributed by atoms with Crippen LogP contribution in [0.1, 0.15) is 113 Å². The summed E-state index contributed by atoms with van der Waals surface area (Å²) < 4.78 is 15.0. The summed E-state index contributed by atoms with van der Waals surface area (Å²) in [4.78, 5) is 13.1. The van der Waals surface area contributed by atoms with E-state index in [9.17, 15) is 4.79 Å². The maximum absolute atomic E-state index is 13.1. The van der Waals surface area contributed by atoms with Crippen LogP contribution in [0.4, 0.5) is 0 Å². The van der Waals surface area contributed by atoms with Crippen molar-refractivity contribution in [1.29, 1.82) is 0 Å². The van der Waals surface area contributed by atoms with E-state index in [4.69, 9.17) is 9.47 Å². The number of pyridine rings is 1. The molecule has 42 heavy (non-hydrogen) atoms. The number of nitrogens with zero attached hydrogens (tertiary/aromatic N) is 1. The molecule has 5 saturated carbocycles. The Kier molecular flexibility index (Phi) is 7.30. The molecular formula is C37H56ClNO3. The number of ether oxygens (including phenoxy) is 2. The summed E-state index contributed by atoms with van der Waals surface area (Å²) in [5, 5.41) is 0. The van der Waals surface area contributed by atoms with Crippen molar-refractivity contribution >= 4 is 5.97 Å². The molecule has 1 aromatic rings. The molecule has 5 aliphatic carbocycles. The third-order valence-electron chi connectivity index (χ3n) is 15.4. The quantitative estimate of drug-likeness (QED) is 0.372. The van der Waals surface area contributed by atoms with Crippen LogP contribution in [-0.2, 0) is 20.8 Å². The zero-order chi connectivity index (χ0) is 29.1. The van der Waals surface area contributed by atoms with Crippen molar-refractivity contribution in [2.45, 2.75) is 131 Å². The summed E-state index contributed by atoms with van der Waals surface area (Å²) >= 11 is 0. The number of rotatable bonds is 3. The number of carbonyl (C=O) groups is 1. The summed E-state index contributed by atoms with van der Waals surface area (Å²) in [5.41, 5.74) is 1.81. The zero-order valence-corrected chi connectivity index (χ0v) is 28.1. The molecule has 0 spiro atoms. The Labute approximate surface area is 261 Å². The predicted octanol–water partition coefficient (Wildman–Crippen LogP) is 4.78. The van der Waals surface area contributed by atoms with Gasteiger partial charge in [0.2, 0.25) is 6.54 Å². The van der Waals surface area contributed by atoms with Crippen LogP contribution in [0.25, 0.3) is 0 Å². The third kappa shape index (κ3) is 4.08. The maximum Gasteiger partial charge on any atom is 0.372 e. The van der Waals surface area contributed by atoms with Crippen LogP contribution in [0.3, 0.4) is 0 Å². The van der Waals surface area contributed by atoms with Gasteiger partial charge in [0.15, 0.2) is 12.4 Å². The first-order chi connectivity index (χ1) is 19.3. The van der Waals surface area contributed by atoms with E-state index in [1.54, 1.807) is 0 Å². The van der Waals surface area contributed by atoms with Crippen LogP contribution in [0.15, 0.2) is 30.6 Å². The molecule has 0 N–H and O–H groups in total. The summed E-state index contributed by atoms with van der Waals surface area (Å²) in [6.45, 7) is 19.3. The highest BCUT2D eigenvalue weighted by Gasteiger charge is 2.72. The average molecular weight is 598 g/mol. The van der Waals surface area contributed by atoms with Crippen molar-refractivity contribution in [3.05, 3.63) is 30.6 Å². The second kappa shape index (κ2) is 9.93. The van der Waals surface area contributed by atoms with Crippen LogP contribution in [0, 0.1) is 56.2 Å². The molecule has 6 aliphatic rings. The van der Waals surface area contributed by atoms with Gasteiger partial charge in [-0.25, -0.2) is 4.79 Å². The van der Waals surface area contributed by atoms with E-state index < -0.39 is 0 Å². The number of halogens is 1. The molecule has 2 heterocycles. The first-order valence-electron chi connectivity index (χ1n) is 17.0. The number of carbonyl (C=O) groups excluding carboxylic acids is 1. The fourth-order valence-corrected chi connectivity index (χ4v) is 13.0. The average Bonchev–Trinajstić information content (AvgIpc) is 3.25. The number of hydrogen-bond donors (Lipinski definition) is 0. The molecule has 1 saturated heterocycles. The summed E-state index contributed by atoms with van der Waals surface area (Å²) in [6, 6.07) is 5.92. The van der Waals surface area contributed by atoms with Crippen LogP contribution >= 0.6 is 0 Å². The first-order valence-corrected chi connectivity index (χ1v) is 17.0. The summed E-state index contributed by atoms with van der Waals surface area (Å²) in [7, 11) is 0. The molecule has 5 heteroatoms. The van der Waals surface area contributed by atoms with Gasteiger partial charge in [-0.1, -0.05) is 54.5 Å². The Bertz CT molecular complexity index is 1200. The van der Waals surface area contributed by atoms with Gasteiger partial charge < -0.3 is 21.9 Å². The fraction of sp³-hybridized carbons (Fsp3) is 0.838. The van der Waals surface area contributed by atoms with E-state index in [0.29, 0.717) is 45.6 Å². The number of hydrogen-bond acceptors (Lipinski definition) is 3. The summed E-state index contributed by atoms with van der Waals surface area (Å²) in [6.07, 6.45) is 17.3. The first kappa shape index (κ1) is 30.9. The lowest BCUT2D eigenvalue weighted by Gasteiger charge is -2.73. The second-order valence-electron chi connectivity index (χ2n) is 17.7. The molecular weight excluding hydrogens is 542 g/mol. The topological polar surface area (TPSA) is 39.4 Å². The minimum Gasteiger partial charge on any atom is -1.00 e. The minimum absolute atomic E-state index is 0. The van der Waals surface area contributed by atoms with Gasteiger partial charge in [0.25, 0.3) is 0 Å². The van der Waals surface area contributed by atoms with E-state index in [1.807, 2.05) is 35.2 Å². The van der Waals surface area contributed by atoms with Gasteiger partial charge in [-0.15, -0.1) is 0 Å². The van der Waals surface area contributed by atoms with Crippen molar-refractivity contribution in [1.82, 2.24) is 0 Å². The highest BCUT2D eigenvalue weighted by molar-refractivity contribution is 5.68. The SMILES string of the molecule is CC1(C)CC[C@]23CC[C@]4(C)[C@H](CC[C@@H]5[C@@]6(C)CC[C@H](OC(=O)C[n+]7ccccc7)C(C)(C)[C@@H]6CC[C@]54C)[C@H]2[C@H]1OC3.[Cl-]. The van der Waals surface area contributed by atoms with Crippen LogP contribution in [-0.4, -0.2) is 24.8 Å².